The van der Waals surface area contributed by atoms with Crippen molar-refractivity contribution in [2.75, 3.05) is 5.73 Å². The molecule has 3 aromatic rings. The van der Waals surface area contributed by atoms with Crippen LogP contribution in [0.4, 0.5) is 5.69 Å². The summed E-state index contributed by atoms with van der Waals surface area (Å²) in [6.45, 7) is 2.17. The van der Waals surface area contributed by atoms with Crippen molar-refractivity contribution < 1.29 is 0 Å². The molecule has 2 heterocycles. The van der Waals surface area contributed by atoms with Crippen LogP contribution in [-0.2, 0) is 6.42 Å². The maximum Gasteiger partial charge on any atom is 0.0703 e. The van der Waals surface area contributed by atoms with Crippen LogP contribution in [0.5, 0.6) is 0 Å². The van der Waals surface area contributed by atoms with Gasteiger partial charge in [0.1, 0.15) is 0 Å². The van der Waals surface area contributed by atoms with Gasteiger partial charge in [-0.15, -0.1) is 11.3 Å². The number of rotatable bonds is 1. The zero-order chi connectivity index (χ0) is 12.8. The minimum atomic E-state index is 0.712. The molecule has 0 radical (unpaired) electrons. The molecule has 2 nitrogen and oxygen atoms in total. The fourth-order valence-electron chi connectivity index (χ4n) is 1.60. The normalized spacial score (nSPS) is 9.83. The number of anilines is 1. The molecule has 18 heavy (non-hydrogen) atoms. The molecule has 3 rings (SSSR count). The minimum absolute atomic E-state index is 0.712. The van der Waals surface area contributed by atoms with Crippen molar-refractivity contribution >= 4 is 27.9 Å². The quantitative estimate of drug-likeness (QED) is 0.711. The number of nitrogens with two attached hydrogens (primary N) is 1. The van der Waals surface area contributed by atoms with Gasteiger partial charge in [-0.05, 0) is 30.0 Å². The fourth-order valence-corrected chi connectivity index (χ4v) is 2.26. The van der Waals surface area contributed by atoms with Crippen LogP contribution in [0, 0.1) is 0 Å². The second kappa shape index (κ2) is 6.17. The van der Waals surface area contributed by atoms with Gasteiger partial charge in [-0.2, -0.15) is 0 Å². The molecule has 2 N–H and O–H groups in total. The van der Waals surface area contributed by atoms with Gasteiger partial charge in [0.2, 0.25) is 0 Å². The van der Waals surface area contributed by atoms with Crippen molar-refractivity contribution in [3.05, 3.63) is 58.9 Å². The number of thiophene rings is 1. The first-order chi connectivity index (χ1) is 8.79. The summed E-state index contributed by atoms with van der Waals surface area (Å²) in [5, 5.41) is 3.20. The number of nitrogens with zero attached hydrogens (tertiary/aromatic N) is 1. The van der Waals surface area contributed by atoms with E-state index in [1.165, 1.54) is 11.3 Å². The lowest BCUT2D eigenvalue weighted by Crippen LogP contribution is -1.85. The summed E-state index contributed by atoms with van der Waals surface area (Å²) in [5.41, 5.74) is 7.26. The van der Waals surface area contributed by atoms with Crippen LogP contribution in [0.3, 0.4) is 0 Å². The number of aromatic nitrogens is 1. The Morgan fingerprint density at radius 1 is 1.17 bits per heavy atom. The third-order valence-electron chi connectivity index (χ3n) is 2.54. The summed E-state index contributed by atoms with van der Waals surface area (Å²) < 4.78 is 0. The van der Waals surface area contributed by atoms with E-state index in [0.717, 1.165) is 10.9 Å². The zero-order valence-electron chi connectivity index (χ0n) is 10.3. The number of benzene rings is 1. The molecule has 3 heteroatoms. The molecule has 0 spiro atoms. The maximum absolute atomic E-state index is 5.56. The lowest BCUT2D eigenvalue weighted by molar-refractivity contribution is 1.19. The zero-order valence-corrected chi connectivity index (χ0v) is 11.2. The average molecular weight is 256 g/mol. The van der Waals surface area contributed by atoms with Crippen molar-refractivity contribution in [1.82, 2.24) is 4.98 Å². The number of hydrogen-bond donors (Lipinski definition) is 1. The second-order valence-corrected chi connectivity index (χ2v) is 4.93. The van der Waals surface area contributed by atoms with E-state index in [4.69, 9.17) is 5.73 Å². The number of para-hydroxylation sites is 1. The predicted octanol–water partition coefficient (Wildman–Crippen LogP) is 4.13. The fraction of sp³-hybridized carbons (Fsp3) is 0.133. The topological polar surface area (TPSA) is 38.9 Å². The van der Waals surface area contributed by atoms with Crippen LogP contribution < -0.4 is 5.73 Å². The predicted molar refractivity (Wildman–Crippen MR) is 79.9 cm³/mol. The largest absolute Gasteiger partial charge is 0.397 e. The van der Waals surface area contributed by atoms with Gasteiger partial charge >= 0.3 is 0 Å². The Morgan fingerprint density at radius 3 is 2.67 bits per heavy atom. The Kier molecular flexibility index (Phi) is 4.31. The van der Waals surface area contributed by atoms with Gasteiger partial charge in [0.15, 0.2) is 0 Å². The van der Waals surface area contributed by atoms with E-state index in [0.29, 0.717) is 5.69 Å². The van der Waals surface area contributed by atoms with Crippen LogP contribution in [-0.4, -0.2) is 4.98 Å². The molecule has 0 amide bonds. The lowest BCUT2D eigenvalue weighted by Gasteiger charge is -1.95. The Bertz CT molecular complexity index is 603. The molecule has 0 saturated heterocycles. The highest BCUT2D eigenvalue weighted by molar-refractivity contribution is 7.09. The van der Waals surface area contributed by atoms with Crippen molar-refractivity contribution in [3.8, 4) is 0 Å². The van der Waals surface area contributed by atoms with Crippen LogP contribution in [0.2, 0.25) is 0 Å². The summed E-state index contributed by atoms with van der Waals surface area (Å²) in [6, 6.07) is 14.1. The maximum atomic E-state index is 5.56. The molecule has 1 aromatic carbocycles. The highest BCUT2D eigenvalue weighted by atomic mass is 32.1. The van der Waals surface area contributed by atoms with Crippen molar-refractivity contribution in [3.63, 3.8) is 0 Å². The number of nitrogen functional groups attached to an aromatic ring is 1. The number of pyridine rings is 1. The standard InChI is InChI=1S/C9H8N2.C6H8S/c10-8-5-7-3-1-2-4-9(7)11-6-8;1-2-6-4-3-5-7-6/h1-6H,10H2;3-5H,2H2,1H3. The molecule has 92 valence electrons. The van der Waals surface area contributed by atoms with Crippen molar-refractivity contribution in [1.29, 1.82) is 0 Å². The summed E-state index contributed by atoms with van der Waals surface area (Å²) in [7, 11) is 0. The van der Waals surface area contributed by atoms with E-state index in [9.17, 15) is 0 Å². The van der Waals surface area contributed by atoms with Crippen LogP contribution in [0.25, 0.3) is 10.9 Å². The molecule has 0 aliphatic heterocycles. The van der Waals surface area contributed by atoms with Crippen LogP contribution in [0.15, 0.2) is 54.0 Å². The van der Waals surface area contributed by atoms with E-state index in [1.54, 1.807) is 6.20 Å². The molecular formula is C15H16N2S. The number of hydrogen-bond acceptors (Lipinski definition) is 3. The van der Waals surface area contributed by atoms with Gasteiger partial charge < -0.3 is 5.73 Å². The molecule has 0 unspecified atom stereocenters. The lowest BCUT2D eigenvalue weighted by atomic mass is 10.2. The average Bonchev–Trinajstić information content (AvgIpc) is 2.92. The van der Waals surface area contributed by atoms with E-state index in [-0.39, 0.29) is 0 Å². The molecule has 0 bridgehead atoms. The summed E-state index contributed by atoms with van der Waals surface area (Å²) in [4.78, 5) is 5.63. The van der Waals surface area contributed by atoms with Gasteiger partial charge in [-0.3, -0.25) is 4.98 Å². The van der Waals surface area contributed by atoms with Crippen molar-refractivity contribution in [2.45, 2.75) is 13.3 Å². The Labute approximate surface area is 111 Å². The summed E-state index contributed by atoms with van der Waals surface area (Å²) in [5.74, 6) is 0. The summed E-state index contributed by atoms with van der Waals surface area (Å²) >= 11 is 1.82. The summed E-state index contributed by atoms with van der Waals surface area (Å²) in [6.07, 6.45) is 2.85. The number of fused-ring (bicyclic) bond motifs is 1. The first kappa shape index (κ1) is 12.6. The smallest absolute Gasteiger partial charge is 0.0703 e. The molecule has 0 saturated carbocycles. The highest BCUT2D eigenvalue weighted by Gasteiger charge is 1.91. The van der Waals surface area contributed by atoms with Crippen LogP contribution >= 0.6 is 11.3 Å². The highest BCUT2D eigenvalue weighted by Crippen LogP contribution is 2.12. The van der Waals surface area contributed by atoms with Crippen LogP contribution in [0.1, 0.15) is 11.8 Å². The van der Waals surface area contributed by atoms with Gasteiger partial charge in [-0.25, -0.2) is 0 Å². The molecule has 0 atom stereocenters. The second-order valence-electron chi connectivity index (χ2n) is 3.89. The first-order valence-electron chi connectivity index (χ1n) is 5.92. The molecule has 0 fully saturated rings. The van der Waals surface area contributed by atoms with Gasteiger partial charge in [-0.1, -0.05) is 31.2 Å². The van der Waals surface area contributed by atoms with E-state index in [1.807, 2.05) is 41.7 Å². The first-order valence-corrected chi connectivity index (χ1v) is 6.80. The van der Waals surface area contributed by atoms with E-state index >= 15 is 0 Å². The van der Waals surface area contributed by atoms with Gasteiger partial charge in [0, 0.05) is 10.3 Å². The Hall–Kier alpha value is -1.87. The van der Waals surface area contributed by atoms with Crippen molar-refractivity contribution in [2.24, 2.45) is 0 Å². The number of aryl methyl sites for hydroxylation is 1. The molecule has 0 aliphatic rings. The molecular weight excluding hydrogens is 240 g/mol. The minimum Gasteiger partial charge on any atom is -0.397 e. The molecule has 0 aliphatic carbocycles. The van der Waals surface area contributed by atoms with Gasteiger partial charge in [0.05, 0.1) is 17.4 Å². The third-order valence-corrected chi connectivity index (χ3v) is 3.56. The SMILES string of the molecule is CCc1cccs1.Nc1cnc2ccccc2c1. The monoisotopic (exact) mass is 256 g/mol. The molecule has 2 aromatic heterocycles. The Morgan fingerprint density at radius 2 is 2.00 bits per heavy atom. The van der Waals surface area contributed by atoms with E-state index in [2.05, 4.69) is 29.4 Å². The third kappa shape index (κ3) is 3.31. The Balaban J connectivity index is 0.000000149. The van der Waals surface area contributed by atoms with Gasteiger partial charge in [0.25, 0.3) is 0 Å². The van der Waals surface area contributed by atoms with E-state index < -0.39 is 0 Å².